The number of nitrogens with zero attached hydrogens (tertiary/aromatic N) is 2. The molecule has 2 atom stereocenters. The molecule has 2 aliphatic heterocycles. The molecule has 3 heterocycles. The molecule has 1 amide bonds. The number of rotatable bonds is 5. The van der Waals surface area contributed by atoms with Gasteiger partial charge in [-0.2, -0.15) is 0 Å². The van der Waals surface area contributed by atoms with Gasteiger partial charge in [0.25, 0.3) is 5.78 Å². The number of aromatic nitrogens is 1. The van der Waals surface area contributed by atoms with Crippen molar-refractivity contribution in [2.24, 2.45) is 0 Å². The van der Waals surface area contributed by atoms with Gasteiger partial charge in [0.15, 0.2) is 16.6 Å². The molecule has 0 bridgehead atoms. The average Bonchev–Trinajstić information content (AvgIpc) is 3.60. The summed E-state index contributed by atoms with van der Waals surface area (Å²) in [6.45, 7) is 1.96. The summed E-state index contributed by atoms with van der Waals surface area (Å²) in [5.74, 6) is -0.547. The molecule has 10 heteroatoms. The molecule has 1 fully saturated rings. The van der Waals surface area contributed by atoms with Crippen molar-refractivity contribution < 1.29 is 34.0 Å². The van der Waals surface area contributed by atoms with Gasteiger partial charge >= 0.3 is 5.91 Å². The highest BCUT2D eigenvalue weighted by atomic mass is 32.1. The van der Waals surface area contributed by atoms with Crippen LogP contribution in [0.3, 0.4) is 0 Å². The monoisotopic (exact) mass is 544 g/mol. The lowest BCUT2D eigenvalue weighted by Gasteiger charge is -2.23. The van der Waals surface area contributed by atoms with Crippen LogP contribution < -0.4 is 19.1 Å². The summed E-state index contributed by atoms with van der Waals surface area (Å²) < 4.78 is 17.1. The van der Waals surface area contributed by atoms with Crippen LogP contribution in [-0.4, -0.2) is 47.2 Å². The van der Waals surface area contributed by atoms with E-state index in [4.69, 9.17) is 14.2 Å². The first-order chi connectivity index (χ1) is 18.8. The second-order valence-corrected chi connectivity index (χ2v) is 10.4. The average molecular weight is 545 g/mol. The first-order valence-corrected chi connectivity index (χ1v) is 13.0. The van der Waals surface area contributed by atoms with E-state index < -0.39 is 17.7 Å². The molecule has 0 radical (unpaired) electrons. The van der Waals surface area contributed by atoms with E-state index in [-0.39, 0.29) is 34.1 Å². The Kier molecular flexibility index (Phi) is 5.91. The number of aromatic hydroxyl groups is 1. The van der Waals surface area contributed by atoms with E-state index in [0.29, 0.717) is 28.8 Å². The minimum atomic E-state index is -1.02. The Morgan fingerprint density at radius 3 is 2.67 bits per heavy atom. The van der Waals surface area contributed by atoms with E-state index >= 15 is 0 Å². The summed E-state index contributed by atoms with van der Waals surface area (Å²) in [4.78, 5) is 33.0. The molecule has 0 saturated carbocycles. The zero-order valence-electron chi connectivity index (χ0n) is 21.3. The van der Waals surface area contributed by atoms with Crippen molar-refractivity contribution in [1.82, 2.24) is 4.98 Å². The first-order valence-electron chi connectivity index (χ1n) is 12.2. The van der Waals surface area contributed by atoms with E-state index in [1.807, 2.05) is 6.92 Å². The quantitative estimate of drug-likeness (QED) is 0.205. The molecule has 3 aromatic carbocycles. The summed E-state index contributed by atoms with van der Waals surface area (Å²) in [6.07, 6.45) is 0.670. The molecule has 198 valence electrons. The zero-order chi connectivity index (χ0) is 27.4. The van der Waals surface area contributed by atoms with Crippen molar-refractivity contribution in [2.75, 3.05) is 19.1 Å². The summed E-state index contributed by atoms with van der Waals surface area (Å²) >= 11 is 1.23. The van der Waals surface area contributed by atoms with Gasteiger partial charge < -0.3 is 24.4 Å². The van der Waals surface area contributed by atoms with E-state index in [9.17, 15) is 19.8 Å². The highest BCUT2D eigenvalue weighted by Crippen LogP contribution is 2.46. The summed E-state index contributed by atoms with van der Waals surface area (Å²) in [5.41, 5.74) is 2.31. The fourth-order valence-corrected chi connectivity index (χ4v) is 6.08. The number of Topliss-reactive ketones (excluding diaryl/α,β-unsaturated/α-hetero) is 1. The topological polar surface area (TPSA) is 118 Å². The number of benzene rings is 3. The Bertz CT molecular complexity index is 1690. The van der Waals surface area contributed by atoms with Gasteiger partial charge in [0.1, 0.15) is 23.4 Å². The third-order valence-electron chi connectivity index (χ3n) is 6.92. The van der Waals surface area contributed by atoms with Crippen molar-refractivity contribution in [1.29, 1.82) is 0 Å². The number of hydrogen-bond acceptors (Lipinski definition) is 9. The Morgan fingerprint density at radius 2 is 1.90 bits per heavy atom. The van der Waals surface area contributed by atoms with Crippen LogP contribution in [0.4, 0.5) is 5.13 Å². The fraction of sp³-hybridized carbons (Fsp3) is 0.207. The zero-order valence-corrected chi connectivity index (χ0v) is 22.1. The number of thiazole rings is 1. The lowest BCUT2D eigenvalue weighted by molar-refractivity contribution is -0.132. The number of phenols is 1. The van der Waals surface area contributed by atoms with Crippen molar-refractivity contribution >= 4 is 44.1 Å². The summed E-state index contributed by atoms with van der Waals surface area (Å²) in [5, 5.41) is 22.0. The number of hydrogen-bond donors (Lipinski definition) is 2. The number of ketones is 1. The predicted octanol–water partition coefficient (Wildman–Crippen LogP) is 4.97. The maximum atomic E-state index is 13.6. The number of aliphatic hydroxyl groups is 1. The number of carbonyl (C=O) groups is 2. The molecule has 1 aromatic heterocycles. The van der Waals surface area contributed by atoms with Crippen LogP contribution in [0.2, 0.25) is 0 Å². The highest BCUT2D eigenvalue weighted by molar-refractivity contribution is 7.22. The van der Waals surface area contributed by atoms with Crippen LogP contribution in [0.15, 0.2) is 60.2 Å². The second-order valence-electron chi connectivity index (χ2n) is 9.39. The Morgan fingerprint density at radius 1 is 1.08 bits per heavy atom. The second kappa shape index (κ2) is 9.32. The van der Waals surface area contributed by atoms with Crippen LogP contribution in [0.25, 0.3) is 16.0 Å². The number of anilines is 1. The third kappa shape index (κ3) is 4.04. The van der Waals surface area contributed by atoms with Gasteiger partial charge in [-0.05, 0) is 66.6 Å². The maximum Gasteiger partial charge on any atom is 0.301 e. The van der Waals surface area contributed by atoms with E-state index in [1.165, 1.54) is 29.4 Å². The molecule has 9 nitrogen and oxygen atoms in total. The number of ether oxygens (including phenoxy) is 3. The first kappa shape index (κ1) is 24.7. The van der Waals surface area contributed by atoms with Gasteiger partial charge in [-0.1, -0.05) is 17.4 Å². The number of methoxy groups -OCH3 is 2. The maximum absolute atomic E-state index is 13.6. The lowest BCUT2D eigenvalue weighted by Crippen LogP contribution is -2.29. The molecule has 2 aliphatic rings. The van der Waals surface area contributed by atoms with Gasteiger partial charge in [0, 0.05) is 12.0 Å². The third-order valence-corrected chi connectivity index (χ3v) is 7.94. The van der Waals surface area contributed by atoms with Gasteiger partial charge in [-0.3, -0.25) is 14.5 Å². The molecule has 4 aromatic rings. The molecule has 39 heavy (non-hydrogen) atoms. The van der Waals surface area contributed by atoms with E-state index in [2.05, 4.69) is 4.98 Å². The molecule has 0 spiro atoms. The van der Waals surface area contributed by atoms with Crippen LogP contribution in [-0.2, 0) is 16.0 Å². The Labute approximate surface area is 227 Å². The molecule has 6 rings (SSSR count). The van der Waals surface area contributed by atoms with Crippen LogP contribution >= 0.6 is 11.3 Å². The molecule has 0 aliphatic carbocycles. The minimum Gasteiger partial charge on any atom is -0.507 e. The van der Waals surface area contributed by atoms with Gasteiger partial charge in [0.2, 0.25) is 0 Å². The summed E-state index contributed by atoms with van der Waals surface area (Å²) in [7, 11) is 2.97. The number of carbonyl (C=O) groups excluding carboxylic acids is 2. The van der Waals surface area contributed by atoms with Crippen LogP contribution in [0, 0.1) is 0 Å². The van der Waals surface area contributed by atoms with Crippen molar-refractivity contribution in [3.8, 4) is 23.0 Å². The molecular weight excluding hydrogens is 520 g/mol. The smallest absolute Gasteiger partial charge is 0.301 e. The molecule has 2 N–H and O–H groups in total. The lowest BCUT2D eigenvalue weighted by atomic mass is 9.94. The van der Waals surface area contributed by atoms with Crippen molar-refractivity contribution in [2.45, 2.75) is 25.5 Å². The largest absolute Gasteiger partial charge is 0.507 e. The minimum absolute atomic E-state index is 0.00472. The Balaban J connectivity index is 1.54. The SMILES string of the molecule is COc1ccc2nc(N3C(=O)C(=O)/C(=C(/O)c4ccc5c(c4)C[C@H](C)O5)[C@H]3c3ccc(O)c(OC)c3)sc2c1. The molecule has 1 saturated heterocycles. The van der Waals surface area contributed by atoms with Crippen LogP contribution in [0.5, 0.6) is 23.0 Å². The Hall–Kier alpha value is -4.57. The van der Waals surface area contributed by atoms with Crippen molar-refractivity contribution in [3.05, 3.63) is 76.9 Å². The summed E-state index contributed by atoms with van der Waals surface area (Å²) in [6, 6.07) is 14.1. The molecular formula is C29H24N2O7S. The number of phenolic OH excluding ortho intramolecular Hbond substituents is 1. The number of aliphatic hydroxyl groups excluding tert-OH is 1. The fourth-order valence-electron chi connectivity index (χ4n) is 5.06. The van der Waals surface area contributed by atoms with Gasteiger partial charge in [-0.15, -0.1) is 0 Å². The van der Waals surface area contributed by atoms with E-state index in [1.54, 1.807) is 55.6 Å². The number of fused-ring (bicyclic) bond motifs is 2. The normalized spacial score (nSPS) is 19.8. The van der Waals surface area contributed by atoms with Crippen molar-refractivity contribution in [3.63, 3.8) is 0 Å². The van der Waals surface area contributed by atoms with Gasteiger partial charge in [-0.25, -0.2) is 4.98 Å². The highest BCUT2D eigenvalue weighted by Gasteiger charge is 2.48. The van der Waals surface area contributed by atoms with E-state index in [0.717, 1.165) is 16.0 Å². The standard InChI is InChI=1S/C29H24N2O7S/c1-14-10-17-11-16(5-9-21(17)38-14)26(33)24-25(15-4-8-20(32)22(12-15)37-3)31(28(35)27(24)34)29-30-19-7-6-18(36-2)13-23(19)39-29/h4-9,11-14,25,32-33H,10H2,1-3H3/b26-24+/t14-,25+/m0/s1. The predicted molar refractivity (Wildman–Crippen MR) is 146 cm³/mol. The molecule has 0 unspecified atom stereocenters. The number of amides is 1. The van der Waals surface area contributed by atoms with Crippen LogP contribution in [0.1, 0.15) is 29.7 Å². The van der Waals surface area contributed by atoms with Gasteiger partial charge in [0.05, 0.1) is 36.1 Å².